The summed E-state index contributed by atoms with van der Waals surface area (Å²) in [5.41, 5.74) is 0. The Balaban J connectivity index is 2.65. The van der Waals surface area contributed by atoms with Crippen LogP contribution in [0.1, 0.15) is 20.3 Å². The molecule has 0 spiro atoms. The zero-order chi connectivity index (χ0) is 10.2. The lowest BCUT2D eigenvalue weighted by atomic mass is 9.93. The van der Waals surface area contributed by atoms with Crippen LogP contribution in [0.2, 0.25) is 0 Å². The van der Waals surface area contributed by atoms with E-state index < -0.39 is 16.1 Å². The quantitative estimate of drug-likeness (QED) is 0.710. The molecule has 78 valence electrons. The highest BCUT2D eigenvalue weighted by atomic mass is 32.2. The highest BCUT2D eigenvalue weighted by molar-refractivity contribution is 7.88. The zero-order valence-electron chi connectivity index (χ0n) is 8.27. The topological polar surface area (TPSA) is 57.6 Å². The summed E-state index contributed by atoms with van der Waals surface area (Å²) in [5, 5.41) is 9.67. The van der Waals surface area contributed by atoms with Gasteiger partial charge in [0.05, 0.1) is 18.4 Å². The molecule has 2 atom stereocenters. The maximum absolute atomic E-state index is 11.2. The first-order valence-corrected chi connectivity index (χ1v) is 6.33. The average Bonchev–Trinajstić information content (AvgIpc) is 1.79. The zero-order valence-corrected chi connectivity index (χ0v) is 9.08. The number of nitrogens with zero attached hydrogens (tertiary/aromatic N) is 1. The summed E-state index contributed by atoms with van der Waals surface area (Å²) in [5.74, 6) is 0.106. The van der Waals surface area contributed by atoms with Crippen LogP contribution in [0.5, 0.6) is 0 Å². The fourth-order valence-corrected chi connectivity index (χ4v) is 2.74. The van der Waals surface area contributed by atoms with E-state index in [1.807, 2.05) is 13.8 Å². The predicted octanol–water partition coefficient (Wildman–Crippen LogP) is 0.0372. The minimum absolute atomic E-state index is 0.106. The maximum atomic E-state index is 11.2. The largest absolute Gasteiger partial charge is 0.391 e. The maximum Gasteiger partial charge on any atom is 0.211 e. The number of aliphatic hydroxyl groups is 1. The van der Waals surface area contributed by atoms with Crippen LogP contribution in [-0.4, -0.2) is 42.8 Å². The Morgan fingerprint density at radius 3 is 2.23 bits per heavy atom. The lowest BCUT2D eigenvalue weighted by molar-refractivity contribution is 0.00946. The SMILES string of the molecule is CC(C)C(O)C1CCN1S(C)(=O)=O. The molecule has 0 amide bonds. The molecule has 1 heterocycles. The summed E-state index contributed by atoms with van der Waals surface area (Å²) in [6.07, 6.45) is 1.42. The van der Waals surface area contributed by atoms with E-state index in [2.05, 4.69) is 0 Å². The summed E-state index contributed by atoms with van der Waals surface area (Å²) >= 11 is 0. The summed E-state index contributed by atoms with van der Waals surface area (Å²) in [6.45, 7) is 4.33. The van der Waals surface area contributed by atoms with Crippen molar-refractivity contribution in [3.05, 3.63) is 0 Å². The van der Waals surface area contributed by atoms with Gasteiger partial charge in [0.1, 0.15) is 0 Å². The van der Waals surface area contributed by atoms with Crippen LogP contribution >= 0.6 is 0 Å². The lowest BCUT2D eigenvalue weighted by Gasteiger charge is -2.42. The van der Waals surface area contributed by atoms with Gasteiger partial charge in [-0.1, -0.05) is 13.8 Å². The van der Waals surface area contributed by atoms with Crippen LogP contribution in [0.3, 0.4) is 0 Å². The van der Waals surface area contributed by atoms with E-state index in [-0.39, 0.29) is 12.0 Å². The van der Waals surface area contributed by atoms with Gasteiger partial charge in [0.25, 0.3) is 0 Å². The Hall–Kier alpha value is -0.130. The normalized spacial score (nSPS) is 27.3. The number of rotatable bonds is 3. The second-order valence-corrected chi connectivity index (χ2v) is 5.90. The van der Waals surface area contributed by atoms with Crippen molar-refractivity contribution in [3.8, 4) is 0 Å². The Kier molecular flexibility index (Phi) is 2.99. The van der Waals surface area contributed by atoms with Gasteiger partial charge in [-0.05, 0) is 12.3 Å². The van der Waals surface area contributed by atoms with Crippen molar-refractivity contribution in [1.29, 1.82) is 0 Å². The second-order valence-electron chi connectivity index (χ2n) is 3.96. The van der Waals surface area contributed by atoms with E-state index in [1.54, 1.807) is 0 Å². The van der Waals surface area contributed by atoms with Crippen LogP contribution < -0.4 is 0 Å². The number of aliphatic hydroxyl groups excluding tert-OH is 1. The molecule has 0 bridgehead atoms. The molecular formula is C8H17NO3S. The monoisotopic (exact) mass is 207 g/mol. The van der Waals surface area contributed by atoms with Crippen LogP contribution in [0, 0.1) is 5.92 Å². The van der Waals surface area contributed by atoms with Crippen LogP contribution in [0.4, 0.5) is 0 Å². The van der Waals surface area contributed by atoms with Crippen molar-refractivity contribution in [2.24, 2.45) is 5.92 Å². The number of hydrogen-bond donors (Lipinski definition) is 1. The van der Waals surface area contributed by atoms with Crippen molar-refractivity contribution < 1.29 is 13.5 Å². The van der Waals surface area contributed by atoms with Crippen molar-refractivity contribution in [2.75, 3.05) is 12.8 Å². The Bertz CT molecular complexity index is 273. The molecule has 1 saturated heterocycles. The molecule has 0 aromatic carbocycles. The van der Waals surface area contributed by atoms with Crippen molar-refractivity contribution in [1.82, 2.24) is 4.31 Å². The van der Waals surface area contributed by atoms with Gasteiger partial charge in [0.15, 0.2) is 0 Å². The van der Waals surface area contributed by atoms with Crippen molar-refractivity contribution in [3.63, 3.8) is 0 Å². The van der Waals surface area contributed by atoms with E-state index in [1.165, 1.54) is 10.6 Å². The van der Waals surface area contributed by atoms with Gasteiger partial charge in [-0.25, -0.2) is 8.42 Å². The van der Waals surface area contributed by atoms with Gasteiger partial charge in [0, 0.05) is 6.54 Å². The molecule has 0 aromatic heterocycles. The standard InChI is InChI=1S/C8H17NO3S/c1-6(2)8(10)7-4-5-9(7)13(3,11)12/h6-8,10H,4-5H2,1-3H3. The highest BCUT2D eigenvalue weighted by Gasteiger charge is 2.40. The van der Waals surface area contributed by atoms with Gasteiger partial charge in [-0.15, -0.1) is 0 Å². The van der Waals surface area contributed by atoms with Crippen molar-refractivity contribution in [2.45, 2.75) is 32.4 Å². The highest BCUT2D eigenvalue weighted by Crippen LogP contribution is 2.26. The molecule has 0 aliphatic carbocycles. The fraction of sp³-hybridized carbons (Fsp3) is 1.00. The molecule has 1 aliphatic rings. The van der Waals surface area contributed by atoms with E-state index >= 15 is 0 Å². The Morgan fingerprint density at radius 1 is 1.46 bits per heavy atom. The molecule has 0 radical (unpaired) electrons. The van der Waals surface area contributed by atoms with Gasteiger partial charge >= 0.3 is 0 Å². The van der Waals surface area contributed by atoms with Crippen LogP contribution in [0.15, 0.2) is 0 Å². The third kappa shape index (κ3) is 2.21. The molecule has 0 saturated carbocycles. The van der Waals surface area contributed by atoms with Gasteiger partial charge in [-0.3, -0.25) is 0 Å². The van der Waals surface area contributed by atoms with E-state index in [9.17, 15) is 13.5 Å². The third-order valence-electron chi connectivity index (χ3n) is 2.52. The van der Waals surface area contributed by atoms with Crippen LogP contribution in [0.25, 0.3) is 0 Å². The molecule has 13 heavy (non-hydrogen) atoms. The summed E-state index contributed by atoms with van der Waals surface area (Å²) in [7, 11) is -3.12. The first kappa shape index (κ1) is 10.9. The predicted molar refractivity (Wildman–Crippen MR) is 50.8 cm³/mol. The smallest absolute Gasteiger partial charge is 0.211 e. The first-order chi connectivity index (χ1) is 5.84. The first-order valence-electron chi connectivity index (χ1n) is 4.49. The molecule has 4 nitrogen and oxygen atoms in total. The summed E-state index contributed by atoms with van der Waals surface area (Å²) < 4.78 is 23.7. The summed E-state index contributed by atoms with van der Waals surface area (Å²) in [6, 6.07) is -0.199. The molecule has 0 aromatic rings. The molecule has 1 fully saturated rings. The van der Waals surface area contributed by atoms with Gasteiger partial charge < -0.3 is 5.11 Å². The lowest BCUT2D eigenvalue weighted by Crippen LogP contribution is -2.57. The average molecular weight is 207 g/mol. The van der Waals surface area contributed by atoms with E-state index in [4.69, 9.17) is 0 Å². The van der Waals surface area contributed by atoms with Crippen molar-refractivity contribution >= 4 is 10.0 Å². The third-order valence-corrected chi connectivity index (χ3v) is 3.82. The Labute approximate surface area is 79.6 Å². The molecular weight excluding hydrogens is 190 g/mol. The fourth-order valence-electron chi connectivity index (χ4n) is 1.58. The molecule has 5 heteroatoms. The minimum Gasteiger partial charge on any atom is -0.391 e. The molecule has 1 rings (SSSR count). The van der Waals surface area contributed by atoms with E-state index in [0.717, 1.165) is 6.42 Å². The van der Waals surface area contributed by atoms with E-state index in [0.29, 0.717) is 6.54 Å². The number of sulfonamides is 1. The van der Waals surface area contributed by atoms with Crippen LogP contribution in [-0.2, 0) is 10.0 Å². The summed E-state index contributed by atoms with van der Waals surface area (Å²) in [4.78, 5) is 0. The molecule has 1 aliphatic heterocycles. The molecule has 1 N–H and O–H groups in total. The molecule has 2 unspecified atom stereocenters. The van der Waals surface area contributed by atoms with Gasteiger partial charge in [0.2, 0.25) is 10.0 Å². The Morgan fingerprint density at radius 2 is 2.00 bits per heavy atom. The minimum atomic E-state index is -3.12. The van der Waals surface area contributed by atoms with Gasteiger partial charge in [-0.2, -0.15) is 4.31 Å². The second kappa shape index (κ2) is 3.55. The number of hydrogen-bond acceptors (Lipinski definition) is 3.